The van der Waals surface area contributed by atoms with Gasteiger partial charge in [0.1, 0.15) is 17.7 Å². The van der Waals surface area contributed by atoms with Gasteiger partial charge in [-0.1, -0.05) is 0 Å². The maximum Gasteiger partial charge on any atom is 0.135 e. The molecule has 2 rings (SSSR count). The van der Waals surface area contributed by atoms with E-state index in [0.717, 1.165) is 31.2 Å². The topological polar surface area (TPSA) is 71.7 Å². The molecule has 2 aromatic heterocycles. The minimum Gasteiger partial charge on any atom is -0.463 e. The van der Waals surface area contributed by atoms with Crippen LogP contribution in [0.5, 0.6) is 0 Å². The summed E-state index contributed by atoms with van der Waals surface area (Å²) in [5, 5.41) is 0. The number of nitrogens with two attached hydrogens (primary N) is 2. The first kappa shape index (κ1) is 17.2. The molecular weight excluding hydrogens is 296 g/mol. The van der Waals surface area contributed by atoms with Crippen molar-refractivity contribution in [2.45, 2.75) is 26.6 Å². The zero-order valence-electron chi connectivity index (χ0n) is 13.6. The fraction of sp³-hybridized carbons (Fsp3) is 0.500. The number of likely N-dealkylation sites (N-methyl/N-ethyl adjacent to an activating group) is 1. The lowest BCUT2D eigenvalue weighted by Crippen LogP contribution is -2.40. The van der Waals surface area contributed by atoms with Crippen molar-refractivity contribution >= 4 is 11.3 Å². The van der Waals surface area contributed by atoms with Crippen LogP contribution in [0.4, 0.5) is 0 Å². The molecule has 0 saturated heterocycles. The van der Waals surface area contributed by atoms with Gasteiger partial charge in [0.25, 0.3) is 0 Å². The van der Waals surface area contributed by atoms with Gasteiger partial charge in [0, 0.05) is 36.1 Å². The molecule has 0 saturated carbocycles. The van der Waals surface area contributed by atoms with Gasteiger partial charge in [-0.25, -0.2) is 0 Å². The van der Waals surface area contributed by atoms with Gasteiger partial charge in [-0.3, -0.25) is 9.80 Å². The third kappa shape index (κ3) is 4.66. The van der Waals surface area contributed by atoms with Crippen LogP contribution in [0.15, 0.2) is 28.7 Å². The number of aryl methyl sites for hydroxylation is 2. The van der Waals surface area contributed by atoms with E-state index in [0.29, 0.717) is 6.67 Å². The predicted octanol–water partition coefficient (Wildman–Crippen LogP) is 2.27. The van der Waals surface area contributed by atoms with Gasteiger partial charge in [-0.15, -0.1) is 11.3 Å². The minimum atomic E-state index is -0.248. The summed E-state index contributed by atoms with van der Waals surface area (Å²) in [6.07, 6.45) is -0.248. The van der Waals surface area contributed by atoms with E-state index in [1.807, 2.05) is 37.4 Å². The molecule has 6 heteroatoms. The molecule has 22 heavy (non-hydrogen) atoms. The molecule has 0 bridgehead atoms. The lowest BCUT2D eigenvalue weighted by atomic mass is 10.3. The number of hydrogen-bond donors (Lipinski definition) is 2. The quantitative estimate of drug-likeness (QED) is 0.730. The van der Waals surface area contributed by atoms with E-state index < -0.39 is 0 Å². The molecule has 1 unspecified atom stereocenters. The molecule has 0 spiro atoms. The average molecular weight is 322 g/mol. The zero-order valence-corrected chi connectivity index (χ0v) is 14.4. The van der Waals surface area contributed by atoms with Gasteiger partial charge < -0.3 is 15.9 Å². The van der Waals surface area contributed by atoms with Crippen LogP contribution >= 0.6 is 11.3 Å². The smallest absolute Gasteiger partial charge is 0.135 e. The zero-order chi connectivity index (χ0) is 16.1. The Morgan fingerprint density at radius 3 is 2.50 bits per heavy atom. The summed E-state index contributed by atoms with van der Waals surface area (Å²) in [4.78, 5) is 6.94. The van der Waals surface area contributed by atoms with Gasteiger partial charge in [0.2, 0.25) is 0 Å². The third-order valence-electron chi connectivity index (χ3n) is 3.68. The predicted molar refractivity (Wildman–Crippen MR) is 91.5 cm³/mol. The van der Waals surface area contributed by atoms with Crippen molar-refractivity contribution in [1.29, 1.82) is 0 Å². The first-order valence-corrected chi connectivity index (χ1v) is 8.31. The molecule has 0 aliphatic rings. The Morgan fingerprint density at radius 1 is 1.18 bits per heavy atom. The number of rotatable bonds is 8. The number of hydrogen-bond acceptors (Lipinski definition) is 6. The van der Waals surface area contributed by atoms with Gasteiger partial charge in [-0.05, 0) is 45.2 Å². The molecule has 0 aliphatic heterocycles. The molecule has 0 amide bonds. The molecule has 122 valence electrons. The first-order chi connectivity index (χ1) is 10.5. The van der Waals surface area contributed by atoms with Gasteiger partial charge in [0.15, 0.2) is 0 Å². The van der Waals surface area contributed by atoms with Crippen LogP contribution in [0, 0.1) is 13.8 Å². The van der Waals surface area contributed by atoms with Crippen molar-refractivity contribution in [3.05, 3.63) is 45.5 Å². The second-order valence-electron chi connectivity index (χ2n) is 5.64. The van der Waals surface area contributed by atoms with Crippen molar-refractivity contribution in [1.82, 2.24) is 9.80 Å². The fourth-order valence-corrected chi connectivity index (χ4v) is 3.19. The molecule has 2 aromatic rings. The van der Waals surface area contributed by atoms with Gasteiger partial charge >= 0.3 is 0 Å². The molecule has 0 aromatic carbocycles. The largest absolute Gasteiger partial charge is 0.463 e. The Morgan fingerprint density at radius 2 is 1.95 bits per heavy atom. The molecule has 0 fully saturated rings. The maximum absolute atomic E-state index is 6.42. The highest BCUT2D eigenvalue weighted by molar-refractivity contribution is 7.11. The van der Waals surface area contributed by atoms with Crippen LogP contribution in [0.1, 0.15) is 27.4 Å². The van der Waals surface area contributed by atoms with Crippen LogP contribution in [0.25, 0.3) is 0 Å². The Bertz CT molecular complexity index is 580. The van der Waals surface area contributed by atoms with E-state index >= 15 is 0 Å². The number of thiophene rings is 1. The van der Waals surface area contributed by atoms with E-state index in [9.17, 15) is 0 Å². The fourth-order valence-electron chi connectivity index (χ4n) is 2.27. The number of nitrogens with zero attached hydrogens (tertiary/aromatic N) is 2. The highest BCUT2D eigenvalue weighted by atomic mass is 32.1. The van der Waals surface area contributed by atoms with E-state index in [4.69, 9.17) is 15.9 Å². The summed E-state index contributed by atoms with van der Waals surface area (Å²) < 4.78 is 5.70. The van der Waals surface area contributed by atoms with Crippen LogP contribution < -0.4 is 11.5 Å². The lowest BCUT2D eigenvalue weighted by molar-refractivity contribution is 0.150. The Labute approximate surface area is 136 Å². The average Bonchev–Trinajstić information content (AvgIpc) is 3.10. The highest BCUT2D eigenvalue weighted by Gasteiger charge is 2.20. The minimum absolute atomic E-state index is 0.248. The normalized spacial score (nSPS) is 13.2. The summed E-state index contributed by atoms with van der Waals surface area (Å²) in [5.74, 6) is 1.69. The summed E-state index contributed by atoms with van der Waals surface area (Å²) >= 11 is 1.81. The third-order valence-corrected chi connectivity index (χ3v) is 4.67. The summed E-state index contributed by atoms with van der Waals surface area (Å²) in [5.41, 5.74) is 12.1. The molecule has 5 nitrogen and oxygen atoms in total. The standard InChI is InChI=1S/C16H26N4OS/c1-12-4-7-15(21-12)16(18)20(9-8-19(3)11-17)10-14-6-5-13(2)22-14/h4-7,16H,8-11,17-18H2,1-3H3. The van der Waals surface area contributed by atoms with Crippen LogP contribution in [-0.2, 0) is 6.54 Å². The van der Waals surface area contributed by atoms with Crippen molar-refractivity contribution in [2.75, 3.05) is 26.8 Å². The van der Waals surface area contributed by atoms with Crippen LogP contribution in [-0.4, -0.2) is 36.6 Å². The summed E-state index contributed by atoms with van der Waals surface area (Å²) in [6.45, 7) is 7.13. The molecule has 0 radical (unpaired) electrons. The molecule has 0 aliphatic carbocycles. The van der Waals surface area contributed by atoms with E-state index in [-0.39, 0.29) is 6.17 Å². The Balaban J connectivity index is 2.09. The molecule has 4 N–H and O–H groups in total. The summed E-state index contributed by atoms with van der Waals surface area (Å²) in [6, 6.07) is 8.22. The van der Waals surface area contributed by atoms with Crippen molar-refractivity contribution < 1.29 is 4.42 Å². The second kappa shape index (κ2) is 7.89. The molecular formula is C16H26N4OS. The second-order valence-corrected chi connectivity index (χ2v) is 7.01. The number of furan rings is 1. The molecule has 1 atom stereocenters. The van der Waals surface area contributed by atoms with Gasteiger partial charge in [-0.2, -0.15) is 0 Å². The molecule has 2 heterocycles. The monoisotopic (exact) mass is 322 g/mol. The Hall–Kier alpha value is -1.18. The van der Waals surface area contributed by atoms with Crippen molar-refractivity contribution in [2.24, 2.45) is 11.5 Å². The van der Waals surface area contributed by atoms with Crippen LogP contribution in [0.3, 0.4) is 0 Å². The first-order valence-electron chi connectivity index (χ1n) is 7.49. The van der Waals surface area contributed by atoms with E-state index in [1.54, 1.807) is 0 Å². The van der Waals surface area contributed by atoms with Crippen LogP contribution in [0.2, 0.25) is 0 Å². The van der Waals surface area contributed by atoms with Crippen molar-refractivity contribution in [3.8, 4) is 0 Å². The van der Waals surface area contributed by atoms with Crippen molar-refractivity contribution in [3.63, 3.8) is 0 Å². The lowest BCUT2D eigenvalue weighted by Gasteiger charge is -2.28. The summed E-state index contributed by atoms with van der Waals surface area (Å²) in [7, 11) is 2.01. The van der Waals surface area contributed by atoms with Gasteiger partial charge in [0.05, 0.1) is 0 Å². The van der Waals surface area contributed by atoms with E-state index in [1.165, 1.54) is 9.75 Å². The maximum atomic E-state index is 6.42. The SMILES string of the molecule is Cc1ccc(C(N)N(CCN(C)CN)Cc2ccc(C)s2)o1. The van der Waals surface area contributed by atoms with E-state index in [2.05, 4.69) is 28.9 Å². The highest BCUT2D eigenvalue weighted by Crippen LogP contribution is 2.23. The Kier molecular flexibility index (Phi) is 6.16.